The van der Waals surface area contributed by atoms with Crippen LogP contribution in [0.5, 0.6) is 0 Å². The van der Waals surface area contributed by atoms with Crippen molar-refractivity contribution < 1.29 is 23.1 Å². The topological polar surface area (TPSA) is 91.8 Å². The third-order valence-electron chi connectivity index (χ3n) is 4.46. The number of benzene rings is 1. The number of carbonyl (C=O) groups excluding carboxylic acids is 1. The normalized spacial score (nSPS) is 17.1. The lowest BCUT2D eigenvalue weighted by atomic mass is 9.97. The Morgan fingerprint density at radius 1 is 1.27 bits per heavy atom. The lowest BCUT2D eigenvalue weighted by Gasteiger charge is -2.32. The van der Waals surface area contributed by atoms with Gasteiger partial charge in [0.05, 0.1) is 21.8 Å². The van der Waals surface area contributed by atoms with Crippen molar-refractivity contribution in [1.29, 1.82) is 0 Å². The molecular weight excluding hydrogens is 374 g/mol. The second-order valence-corrected chi connectivity index (χ2v) is 9.92. The molecule has 0 aromatic heterocycles. The van der Waals surface area contributed by atoms with E-state index in [0.29, 0.717) is 37.2 Å². The highest BCUT2D eigenvalue weighted by molar-refractivity contribution is 8.01. The molecule has 2 rings (SSSR count). The number of nitrogens with zero attached hydrogens (tertiary/aromatic N) is 1. The lowest BCUT2D eigenvalue weighted by molar-refractivity contribution is -0.145. The van der Waals surface area contributed by atoms with E-state index in [1.54, 1.807) is 36.1 Å². The van der Waals surface area contributed by atoms with E-state index in [0.717, 1.165) is 0 Å². The molecule has 0 bridgehead atoms. The van der Waals surface area contributed by atoms with Crippen LogP contribution in [0.15, 0.2) is 34.1 Å². The molecule has 0 aliphatic carbocycles. The van der Waals surface area contributed by atoms with Gasteiger partial charge in [-0.25, -0.2) is 8.42 Å². The van der Waals surface area contributed by atoms with Crippen LogP contribution in [0, 0.1) is 5.92 Å². The maximum Gasteiger partial charge on any atom is 0.306 e. The van der Waals surface area contributed by atoms with Crippen molar-refractivity contribution in [2.45, 2.75) is 48.2 Å². The van der Waals surface area contributed by atoms with Gasteiger partial charge in [0, 0.05) is 18.0 Å². The molecule has 1 aliphatic rings. The number of piperidine rings is 1. The molecule has 1 unspecified atom stereocenters. The van der Waals surface area contributed by atoms with Gasteiger partial charge in [-0.1, -0.05) is 19.1 Å². The molecule has 0 radical (unpaired) electrons. The van der Waals surface area contributed by atoms with Crippen molar-refractivity contribution in [1.82, 2.24) is 4.90 Å². The van der Waals surface area contributed by atoms with Crippen molar-refractivity contribution in [3.05, 3.63) is 24.3 Å². The maximum absolute atomic E-state index is 12.7. The van der Waals surface area contributed by atoms with Gasteiger partial charge < -0.3 is 10.0 Å². The summed E-state index contributed by atoms with van der Waals surface area (Å²) in [4.78, 5) is 26.2. The quantitative estimate of drug-likeness (QED) is 0.709. The van der Waals surface area contributed by atoms with Gasteiger partial charge in [0.25, 0.3) is 0 Å². The number of hydrogen-bond donors (Lipinski definition) is 1. The number of rotatable bonds is 7. The molecule has 6 nitrogen and oxygen atoms in total. The zero-order valence-electron chi connectivity index (χ0n) is 15.1. The Balaban J connectivity index is 2.07. The molecule has 1 atom stereocenters. The fourth-order valence-corrected chi connectivity index (χ4v) is 5.94. The summed E-state index contributed by atoms with van der Waals surface area (Å²) in [6.07, 6.45) is 1.45. The van der Waals surface area contributed by atoms with Gasteiger partial charge in [0.15, 0.2) is 9.84 Å². The number of thioether (sulfide) groups is 1. The lowest BCUT2D eigenvalue weighted by Crippen LogP contribution is -2.43. The zero-order valence-corrected chi connectivity index (χ0v) is 16.7. The Labute approximate surface area is 158 Å². The van der Waals surface area contributed by atoms with Gasteiger partial charge >= 0.3 is 5.97 Å². The average Bonchev–Trinajstić information content (AvgIpc) is 2.61. The minimum atomic E-state index is -3.36. The van der Waals surface area contributed by atoms with Crippen molar-refractivity contribution in [2.24, 2.45) is 5.92 Å². The Kier molecular flexibility index (Phi) is 7.11. The molecule has 0 saturated carbocycles. The van der Waals surface area contributed by atoms with E-state index in [9.17, 15) is 18.0 Å². The molecule has 1 fully saturated rings. The molecule has 1 aliphatic heterocycles. The highest BCUT2D eigenvalue weighted by Gasteiger charge is 2.30. The summed E-state index contributed by atoms with van der Waals surface area (Å²) < 4.78 is 24.9. The number of aliphatic carboxylic acids is 1. The van der Waals surface area contributed by atoms with Crippen molar-refractivity contribution in [3.8, 4) is 0 Å². The fourth-order valence-electron chi connectivity index (χ4n) is 3.03. The van der Waals surface area contributed by atoms with Crippen LogP contribution in [-0.4, -0.2) is 54.4 Å². The Bertz CT molecular complexity index is 755. The van der Waals surface area contributed by atoms with E-state index in [1.165, 1.54) is 11.8 Å². The van der Waals surface area contributed by atoms with Crippen LogP contribution < -0.4 is 0 Å². The third kappa shape index (κ3) is 5.01. The number of carboxylic acids is 1. The molecule has 1 aromatic carbocycles. The second-order valence-electron chi connectivity index (χ2n) is 6.46. The highest BCUT2D eigenvalue weighted by atomic mass is 32.2. The smallest absolute Gasteiger partial charge is 0.306 e. The molecule has 1 saturated heterocycles. The summed E-state index contributed by atoms with van der Waals surface area (Å²) in [5, 5.41) is 8.62. The minimum Gasteiger partial charge on any atom is -0.481 e. The Morgan fingerprint density at radius 3 is 2.46 bits per heavy atom. The Hall–Kier alpha value is -1.54. The number of hydrogen-bond acceptors (Lipinski definition) is 5. The summed E-state index contributed by atoms with van der Waals surface area (Å²) in [5.41, 5.74) is 0. The first-order valence-corrected chi connectivity index (χ1v) is 11.3. The van der Waals surface area contributed by atoms with Gasteiger partial charge in [-0.2, -0.15) is 0 Å². The molecule has 144 valence electrons. The van der Waals surface area contributed by atoms with Crippen LogP contribution in [0.4, 0.5) is 0 Å². The van der Waals surface area contributed by atoms with Crippen LogP contribution in [-0.2, 0) is 19.4 Å². The second kappa shape index (κ2) is 8.90. The van der Waals surface area contributed by atoms with Crippen LogP contribution in [0.1, 0.15) is 33.1 Å². The first-order chi connectivity index (χ1) is 12.3. The molecule has 0 spiro atoms. The predicted octanol–water partition coefficient (Wildman–Crippen LogP) is 2.67. The van der Waals surface area contributed by atoms with Gasteiger partial charge in [0.2, 0.25) is 5.91 Å². The molecule has 26 heavy (non-hydrogen) atoms. The Morgan fingerprint density at radius 2 is 1.88 bits per heavy atom. The minimum absolute atomic E-state index is 0.0790. The molecular formula is C18H25NO5S2. The third-order valence-corrected chi connectivity index (χ3v) is 7.73. The SMILES string of the molecule is CCCS(=O)(=O)c1ccccc1SC(C)C(=O)N1CCC(C(=O)O)CC1. The van der Waals surface area contributed by atoms with E-state index >= 15 is 0 Å². The average molecular weight is 400 g/mol. The van der Waals surface area contributed by atoms with Crippen LogP contribution in [0.2, 0.25) is 0 Å². The van der Waals surface area contributed by atoms with E-state index in [-0.39, 0.29) is 22.5 Å². The van der Waals surface area contributed by atoms with E-state index in [4.69, 9.17) is 5.11 Å². The number of likely N-dealkylation sites (tertiary alicyclic amines) is 1. The summed E-state index contributed by atoms with van der Waals surface area (Å²) in [6.45, 7) is 4.44. The summed E-state index contributed by atoms with van der Waals surface area (Å²) in [5.74, 6) is -1.20. The standard InChI is InChI=1S/C18H25NO5S2/c1-3-12-26(23,24)16-7-5-4-6-15(16)25-13(2)17(20)19-10-8-14(9-11-19)18(21)22/h4-7,13-14H,3,8-12H2,1-2H3,(H,21,22). The predicted molar refractivity (Wildman–Crippen MR) is 101 cm³/mol. The first kappa shape index (κ1) is 20.8. The number of carbonyl (C=O) groups is 2. The largest absolute Gasteiger partial charge is 0.481 e. The number of sulfone groups is 1. The summed E-state index contributed by atoms with van der Waals surface area (Å²) >= 11 is 1.25. The van der Waals surface area contributed by atoms with Gasteiger partial charge in [-0.05, 0) is 38.3 Å². The molecule has 1 N–H and O–H groups in total. The van der Waals surface area contributed by atoms with Crippen LogP contribution >= 0.6 is 11.8 Å². The van der Waals surface area contributed by atoms with E-state index < -0.39 is 21.1 Å². The summed E-state index contributed by atoms with van der Waals surface area (Å²) in [7, 11) is -3.36. The van der Waals surface area contributed by atoms with Crippen molar-refractivity contribution in [2.75, 3.05) is 18.8 Å². The maximum atomic E-state index is 12.7. The molecule has 1 amide bonds. The highest BCUT2D eigenvalue weighted by Crippen LogP contribution is 2.32. The number of carboxylic acid groups (broad SMARTS) is 1. The van der Waals surface area contributed by atoms with Crippen LogP contribution in [0.3, 0.4) is 0 Å². The zero-order chi connectivity index (χ0) is 19.3. The number of amides is 1. The molecule has 8 heteroatoms. The monoisotopic (exact) mass is 399 g/mol. The molecule has 1 heterocycles. The first-order valence-electron chi connectivity index (χ1n) is 8.76. The van der Waals surface area contributed by atoms with Crippen molar-refractivity contribution in [3.63, 3.8) is 0 Å². The van der Waals surface area contributed by atoms with Gasteiger partial charge in [-0.3, -0.25) is 9.59 Å². The van der Waals surface area contributed by atoms with Crippen molar-refractivity contribution >= 4 is 33.5 Å². The van der Waals surface area contributed by atoms with E-state index in [1.807, 2.05) is 6.92 Å². The van der Waals surface area contributed by atoms with Crippen LogP contribution in [0.25, 0.3) is 0 Å². The molecule has 1 aromatic rings. The van der Waals surface area contributed by atoms with Gasteiger partial charge in [-0.15, -0.1) is 11.8 Å². The fraction of sp³-hybridized carbons (Fsp3) is 0.556. The summed E-state index contributed by atoms with van der Waals surface area (Å²) in [6, 6.07) is 6.77. The van der Waals surface area contributed by atoms with Gasteiger partial charge in [0.1, 0.15) is 0 Å². The van der Waals surface area contributed by atoms with E-state index in [2.05, 4.69) is 0 Å².